The molecule has 91 heavy (non-hydrogen) atoms. The number of carboxylic acids is 3. The molecule has 0 radical (unpaired) electrons. The van der Waals surface area contributed by atoms with E-state index < -0.39 is 96.4 Å². The van der Waals surface area contributed by atoms with Gasteiger partial charge in [-0.2, -0.15) is 0 Å². The Kier molecular flexibility index (Phi) is 30.0. The molecule has 1 aliphatic heterocycles. The van der Waals surface area contributed by atoms with Gasteiger partial charge in [0, 0.05) is 103 Å². The van der Waals surface area contributed by atoms with Gasteiger partial charge in [-0.3, -0.25) is 77.3 Å². The van der Waals surface area contributed by atoms with Gasteiger partial charge in [-0.05, 0) is 84.0 Å². The fraction of sp³-hybridized carbons (Fsp3) is 0.443. The lowest BCUT2D eigenvalue weighted by atomic mass is 10.0. The van der Waals surface area contributed by atoms with E-state index in [1.54, 1.807) is 31.7 Å². The van der Waals surface area contributed by atoms with Gasteiger partial charge in [0.25, 0.3) is 5.91 Å². The second kappa shape index (κ2) is 37.9. The molecule has 492 valence electrons. The fourth-order valence-corrected chi connectivity index (χ4v) is 9.76. The molecule has 5 rings (SSSR count). The number of nitrogens with one attached hydrogen (secondary N) is 8. The quantitative estimate of drug-likeness (QED) is 0.0137. The van der Waals surface area contributed by atoms with Gasteiger partial charge in [0.05, 0.1) is 39.3 Å². The standard InChI is InChI=1S/C61H83N15O15/c1-64-58(89)48(32-40-12-19-46(77)20-13-40)71-52(80)35-68-59(90)49(33-41-11-14-42-7-2-3-8-44(42)31-41)72-60(91)47(9-6-22-66-61(62)63)70-50(78)10-4-5-21-65-57(88)43-15-17-45(18-16-43)69-51(79)34-67-53(81)36-73-23-25-74(37-54(82)83)27-29-76(39-56(86)87)30-28-75(26-24-73)38-55(84)85/h2-3,7-8,11-20,31,47-49,77H,4-6,9-10,21-30,32-39H2,1H3,(H,64,89)(H,65,88)(H,67,81)(H,68,90)(H,69,79)(H,70,78)(H,71,80)(H,72,91)(H,82,83)(H,84,85)(H,86,87)(H4,62,63,66). The number of carbonyl (C=O) groups excluding carboxylic acids is 8. The molecule has 30 nitrogen and oxygen atoms in total. The molecule has 1 aliphatic rings. The van der Waals surface area contributed by atoms with E-state index in [2.05, 4.69) is 47.5 Å². The summed E-state index contributed by atoms with van der Waals surface area (Å²) in [7, 11) is 1.41. The Morgan fingerprint density at radius 2 is 1.04 bits per heavy atom. The number of likely N-dealkylation sites (N-methyl/N-ethyl adjacent to an activating group) is 1. The third-order valence-electron chi connectivity index (χ3n) is 14.5. The van der Waals surface area contributed by atoms with E-state index in [1.807, 2.05) is 42.5 Å². The molecule has 30 heteroatoms. The summed E-state index contributed by atoms with van der Waals surface area (Å²) in [6, 6.07) is 21.8. The third-order valence-corrected chi connectivity index (χ3v) is 14.5. The smallest absolute Gasteiger partial charge is 0.317 e. The number of hydrogen-bond acceptors (Lipinski definition) is 17. The molecule has 0 aliphatic carbocycles. The molecule has 1 saturated heterocycles. The van der Waals surface area contributed by atoms with Gasteiger partial charge in [-0.25, -0.2) is 0 Å². The highest BCUT2D eigenvalue weighted by Crippen LogP contribution is 2.18. The van der Waals surface area contributed by atoms with Crippen LogP contribution in [-0.2, 0) is 60.8 Å². The second-order valence-electron chi connectivity index (χ2n) is 21.7. The molecule has 1 heterocycles. The summed E-state index contributed by atoms with van der Waals surface area (Å²) in [5.41, 5.74) is 13.0. The summed E-state index contributed by atoms with van der Waals surface area (Å²) in [4.78, 5) is 152. The lowest BCUT2D eigenvalue weighted by molar-refractivity contribution is -0.140. The van der Waals surface area contributed by atoms with E-state index >= 15 is 0 Å². The first-order chi connectivity index (χ1) is 43.5. The Hall–Kier alpha value is -9.78. The second-order valence-corrected chi connectivity index (χ2v) is 21.7. The molecule has 0 aromatic heterocycles. The van der Waals surface area contributed by atoms with Gasteiger partial charge in [0.2, 0.25) is 41.4 Å². The van der Waals surface area contributed by atoms with Crippen molar-refractivity contribution in [3.63, 3.8) is 0 Å². The molecular weight excluding hydrogens is 1180 g/mol. The van der Waals surface area contributed by atoms with Crippen molar-refractivity contribution in [2.45, 2.75) is 63.1 Å². The van der Waals surface area contributed by atoms with Gasteiger partial charge in [-0.15, -0.1) is 0 Å². The Bertz CT molecular complexity index is 3130. The summed E-state index contributed by atoms with van der Waals surface area (Å²) in [5, 5.41) is 61.2. The number of phenols is 1. The van der Waals surface area contributed by atoms with Crippen LogP contribution in [0.25, 0.3) is 10.8 Å². The molecule has 0 spiro atoms. The number of nitrogens with zero attached hydrogens (tertiary/aromatic N) is 5. The topological polar surface area (TPSA) is 442 Å². The molecule has 0 saturated carbocycles. The number of guanidine groups is 1. The van der Waals surface area contributed by atoms with Crippen LogP contribution in [0.15, 0.2) is 96.0 Å². The third kappa shape index (κ3) is 27.7. The number of benzene rings is 4. The molecule has 4 aromatic carbocycles. The van der Waals surface area contributed by atoms with Gasteiger partial charge in [0.15, 0.2) is 5.96 Å². The number of aliphatic carboxylic acids is 3. The number of aliphatic imine (C=N–C) groups is 1. The van der Waals surface area contributed by atoms with E-state index in [0.717, 1.165) is 10.8 Å². The maximum atomic E-state index is 14.2. The lowest BCUT2D eigenvalue weighted by Crippen LogP contribution is -2.56. The van der Waals surface area contributed by atoms with Crippen LogP contribution in [-0.4, -0.2) is 241 Å². The highest BCUT2D eigenvalue weighted by atomic mass is 16.4. The predicted octanol–water partition coefficient (Wildman–Crippen LogP) is -2.17. The molecule has 4 aromatic rings. The summed E-state index contributed by atoms with van der Waals surface area (Å²) >= 11 is 0. The van der Waals surface area contributed by atoms with Gasteiger partial charge < -0.3 is 74.4 Å². The van der Waals surface area contributed by atoms with Crippen LogP contribution in [0, 0.1) is 0 Å². The van der Waals surface area contributed by atoms with Crippen LogP contribution in [0.1, 0.15) is 53.6 Å². The Morgan fingerprint density at radius 3 is 1.62 bits per heavy atom. The molecule has 0 bridgehead atoms. The zero-order chi connectivity index (χ0) is 66.2. The number of nitrogens with two attached hydrogens (primary N) is 2. The largest absolute Gasteiger partial charge is 0.508 e. The molecule has 3 atom stereocenters. The Labute approximate surface area is 525 Å². The number of hydrogen-bond donors (Lipinski definition) is 14. The van der Waals surface area contributed by atoms with Crippen molar-refractivity contribution in [1.82, 2.24) is 56.8 Å². The predicted molar refractivity (Wildman–Crippen MR) is 335 cm³/mol. The average Bonchev–Trinajstić information content (AvgIpc) is 1.55. The van der Waals surface area contributed by atoms with Gasteiger partial charge in [0.1, 0.15) is 23.9 Å². The highest BCUT2D eigenvalue weighted by molar-refractivity contribution is 5.98. The Morgan fingerprint density at radius 1 is 0.516 bits per heavy atom. The van der Waals surface area contributed by atoms with Crippen molar-refractivity contribution in [3.05, 3.63) is 108 Å². The lowest BCUT2D eigenvalue weighted by Gasteiger charge is -2.32. The number of anilines is 1. The molecule has 3 unspecified atom stereocenters. The minimum atomic E-state index is -1.25. The molecule has 1 fully saturated rings. The zero-order valence-electron chi connectivity index (χ0n) is 50.8. The number of rotatable bonds is 33. The van der Waals surface area contributed by atoms with Crippen LogP contribution in [0.5, 0.6) is 5.75 Å². The van der Waals surface area contributed by atoms with E-state index in [-0.39, 0.29) is 141 Å². The fourth-order valence-electron chi connectivity index (χ4n) is 9.76. The monoisotopic (exact) mass is 1270 g/mol. The van der Waals surface area contributed by atoms with Crippen LogP contribution in [0.2, 0.25) is 0 Å². The summed E-state index contributed by atoms with van der Waals surface area (Å²) in [5.74, 6) is -8.03. The van der Waals surface area contributed by atoms with Crippen molar-refractivity contribution in [2.75, 3.05) is 117 Å². The van der Waals surface area contributed by atoms with Gasteiger partial charge in [-0.1, -0.05) is 54.6 Å². The first-order valence-corrected chi connectivity index (χ1v) is 29.7. The number of unbranched alkanes of at least 4 members (excludes halogenated alkanes) is 1. The van der Waals surface area contributed by atoms with Crippen LogP contribution < -0.4 is 54.0 Å². The van der Waals surface area contributed by atoms with Crippen LogP contribution >= 0.6 is 0 Å². The van der Waals surface area contributed by atoms with Crippen molar-refractivity contribution in [2.24, 2.45) is 16.5 Å². The molecule has 8 amide bonds. The number of aromatic hydroxyl groups is 1. The zero-order valence-corrected chi connectivity index (χ0v) is 50.8. The van der Waals surface area contributed by atoms with E-state index in [9.17, 15) is 73.2 Å². The SMILES string of the molecule is CNC(=O)C(Cc1ccc(O)cc1)NC(=O)CNC(=O)C(Cc1ccc2ccccc2c1)NC(=O)C(CCCN=C(N)N)NC(=O)CCCCNC(=O)c1ccc(NC(=O)CNC(=O)CN2CCN(CC(=O)O)CCN(CC(=O)O)CCN(CC(=O)O)CC2)cc1. The first-order valence-electron chi connectivity index (χ1n) is 29.7. The summed E-state index contributed by atoms with van der Waals surface area (Å²) in [6.45, 7) is -0.142. The van der Waals surface area contributed by atoms with Crippen molar-refractivity contribution >= 4 is 87.6 Å². The number of phenolic OH excluding ortho intramolecular Hbond substituents is 1. The minimum Gasteiger partial charge on any atom is -0.508 e. The van der Waals surface area contributed by atoms with Crippen molar-refractivity contribution < 1.29 is 73.2 Å². The first kappa shape index (κ1) is 72.0. The average molecular weight is 1270 g/mol. The molecule has 16 N–H and O–H groups in total. The maximum Gasteiger partial charge on any atom is 0.317 e. The summed E-state index contributed by atoms with van der Waals surface area (Å²) in [6.07, 6.45) is 1.01. The van der Waals surface area contributed by atoms with Crippen LogP contribution in [0.3, 0.4) is 0 Å². The van der Waals surface area contributed by atoms with E-state index in [4.69, 9.17) is 11.5 Å². The highest BCUT2D eigenvalue weighted by Gasteiger charge is 2.29. The Balaban J connectivity index is 1.10. The maximum absolute atomic E-state index is 14.2. The number of carboxylic acid groups (broad SMARTS) is 3. The van der Waals surface area contributed by atoms with E-state index in [1.165, 1.54) is 43.4 Å². The molecular formula is C61H83N15O15. The van der Waals surface area contributed by atoms with Gasteiger partial charge >= 0.3 is 17.9 Å². The minimum absolute atomic E-state index is 0.0132. The number of amides is 8. The normalized spacial score (nSPS) is 14.5. The van der Waals surface area contributed by atoms with E-state index in [0.29, 0.717) is 29.7 Å². The van der Waals surface area contributed by atoms with Crippen molar-refractivity contribution in [3.8, 4) is 5.75 Å². The van der Waals surface area contributed by atoms with Crippen molar-refractivity contribution in [1.29, 1.82) is 0 Å². The summed E-state index contributed by atoms with van der Waals surface area (Å²) < 4.78 is 0. The number of fused-ring (bicyclic) bond motifs is 1. The van der Waals surface area contributed by atoms with Crippen LogP contribution in [0.4, 0.5) is 5.69 Å². The number of carbonyl (C=O) groups is 11.